The van der Waals surface area contributed by atoms with Crippen molar-refractivity contribution < 1.29 is 9.72 Å². The molecule has 5 heteroatoms. The molecule has 0 aromatic heterocycles. The summed E-state index contributed by atoms with van der Waals surface area (Å²) in [6.45, 7) is 1.46. The fourth-order valence-corrected chi connectivity index (χ4v) is 1.78. The van der Waals surface area contributed by atoms with Gasteiger partial charge in [-0.15, -0.1) is 0 Å². The zero-order chi connectivity index (χ0) is 15.2. The van der Waals surface area contributed by atoms with Gasteiger partial charge in [-0.05, 0) is 35.4 Å². The Balaban J connectivity index is 2.06. The molecule has 0 radical (unpaired) electrons. The summed E-state index contributed by atoms with van der Waals surface area (Å²) in [6, 6.07) is 13.7. The van der Waals surface area contributed by atoms with Gasteiger partial charge in [-0.3, -0.25) is 14.9 Å². The van der Waals surface area contributed by atoms with Gasteiger partial charge in [0.1, 0.15) is 0 Å². The Bertz CT molecular complexity index is 674. The van der Waals surface area contributed by atoms with Crippen molar-refractivity contribution in [3.8, 4) is 0 Å². The molecule has 0 aliphatic carbocycles. The van der Waals surface area contributed by atoms with E-state index in [9.17, 15) is 14.9 Å². The third-order valence-corrected chi connectivity index (χ3v) is 2.80. The first-order chi connectivity index (χ1) is 10.0. The van der Waals surface area contributed by atoms with Gasteiger partial charge >= 0.3 is 0 Å². The molecule has 0 aliphatic rings. The van der Waals surface area contributed by atoms with Crippen LogP contribution in [0.3, 0.4) is 0 Å². The zero-order valence-corrected chi connectivity index (χ0v) is 11.4. The monoisotopic (exact) mass is 282 g/mol. The van der Waals surface area contributed by atoms with Gasteiger partial charge in [-0.1, -0.05) is 24.3 Å². The lowest BCUT2D eigenvalue weighted by Gasteiger charge is -2.01. The minimum atomic E-state index is -0.422. The van der Waals surface area contributed by atoms with Gasteiger partial charge in [-0.2, -0.15) is 0 Å². The Hall–Kier alpha value is -2.95. The summed E-state index contributed by atoms with van der Waals surface area (Å²) < 4.78 is 0. The number of anilines is 1. The lowest BCUT2D eigenvalue weighted by molar-refractivity contribution is -0.384. The summed E-state index contributed by atoms with van der Waals surface area (Å²) in [5.74, 6) is -0.107. The highest BCUT2D eigenvalue weighted by Crippen LogP contribution is 2.15. The number of carbonyl (C=O) groups is 1. The first-order valence-corrected chi connectivity index (χ1v) is 6.35. The highest BCUT2D eigenvalue weighted by molar-refractivity contribution is 5.88. The standard InChI is InChI=1S/C16H14N2O3/c1-12(19)17-15-8-4-13(5-9-15)2-3-14-6-10-16(11-7-14)18(20)21/h2-11H,1H3,(H,17,19)/b3-2+. The number of amides is 1. The first kappa shape index (κ1) is 14.5. The van der Waals surface area contributed by atoms with E-state index in [2.05, 4.69) is 5.32 Å². The smallest absolute Gasteiger partial charge is 0.269 e. The van der Waals surface area contributed by atoms with E-state index in [-0.39, 0.29) is 11.6 Å². The van der Waals surface area contributed by atoms with Crippen molar-refractivity contribution in [3.05, 3.63) is 69.8 Å². The van der Waals surface area contributed by atoms with Crippen LogP contribution in [0.5, 0.6) is 0 Å². The molecule has 1 N–H and O–H groups in total. The minimum absolute atomic E-state index is 0.0758. The number of hydrogen-bond donors (Lipinski definition) is 1. The number of nitro groups is 1. The maximum atomic E-state index is 10.9. The lowest BCUT2D eigenvalue weighted by Crippen LogP contribution is -2.05. The number of non-ortho nitro benzene ring substituents is 1. The van der Waals surface area contributed by atoms with Gasteiger partial charge < -0.3 is 5.32 Å². The quantitative estimate of drug-likeness (QED) is 0.527. The predicted octanol–water partition coefficient (Wildman–Crippen LogP) is 3.72. The van der Waals surface area contributed by atoms with E-state index >= 15 is 0 Å². The largest absolute Gasteiger partial charge is 0.326 e. The molecule has 0 spiro atoms. The third-order valence-electron chi connectivity index (χ3n) is 2.80. The summed E-state index contributed by atoms with van der Waals surface area (Å²) in [5.41, 5.74) is 2.68. The van der Waals surface area contributed by atoms with Crippen molar-refractivity contribution in [3.63, 3.8) is 0 Å². The number of nitrogens with one attached hydrogen (secondary N) is 1. The molecule has 2 aromatic carbocycles. The molecule has 2 rings (SSSR count). The normalized spacial score (nSPS) is 10.5. The highest BCUT2D eigenvalue weighted by Gasteiger charge is 2.02. The highest BCUT2D eigenvalue weighted by atomic mass is 16.6. The number of rotatable bonds is 4. The molecular formula is C16H14N2O3. The fraction of sp³-hybridized carbons (Fsp3) is 0.0625. The molecule has 1 amide bonds. The Labute approximate surface area is 122 Å². The summed E-state index contributed by atoms with van der Waals surface area (Å²) in [6.07, 6.45) is 3.77. The van der Waals surface area contributed by atoms with Gasteiger partial charge in [0.2, 0.25) is 5.91 Å². The Kier molecular flexibility index (Phi) is 4.46. The van der Waals surface area contributed by atoms with Gasteiger partial charge in [0, 0.05) is 24.7 Å². The van der Waals surface area contributed by atoms with E-state index in [4.69, 9.17) is 0 Å². The van der Waals surface area contributed by atoms with Crippen LogP contribution in [-0.4, -0.2) is 10.8 Å². The molecule has 0 saturated heterocycles. The second-order valence-corrected chi connectivity index (χ2v) is 4.49. The van der Waals surface area contributed by atoms with Crippen molar-refractivity contribution in [1.29, 1.82) is 0 Å². The van der Waals surface area contributed by atoms with Crippen LogP contribution in [0, 0.1) is 10.1 Å². The van der Waals surface area contributed by atoms with E-state index in [0.717, 1.165) is 16.8 Å². The second-order valence-electron chi connectivity index (χ2n) is 4.49. The second kappa shape index (κ2) is 6.47. The fourth-order valence-electron chi connectivity index (χ4n) is 1.78. The van der Waals surface area contributed by atoms with Crippen molar-refractivity contribution in [1.82, 2.24) is 0 Å². The van der Waals surface area contributed by atoms with Crippen molar-refractivity contribution in [2.75, 3.05) is 5.32 Å². The molecule has 0 unspecified atom stereocenters. The van der Waals surface area contributed by atoms with Gasteiger partial charge in [0.05, 0.1) is 4.92 Å². The third kappa shape index (κ3) is 4.28. The molecule has 106 valence electrons. The average Bonchev–Trinajstić information content (AvgIpc) is 2.46. The SMILES string of the molecule is CC(=O)Nc1ccc(/C=C/c2ccc([N+](=O)[O-])cc2)cc1. The molecule has 0 bridgehead atoms. The zero-order valence-electron chi connectivity index (χ0n) is 11.4. The number of hydrogen-bond acceptors (Lipinski definition) is 3. The Morgan fingerprint density at radius 2 is 1.48 bits per heavy atom. The molecule has 0 saturated carbocycles. The van der Waals surface area contributed by atoms with Crippen LogP contribution in [0.4, 0.5) is 11.4 Å². The summed E-state index contributed by atoms with van der Waals surface area (Å²) in [7, 11) is 0. The first-order valence-electron chi connectivity index (χ1n) is 6.35. The minimum Gasteiger partial charge on any atom is -0.326 e. The van der Waals surface area contributed by atoms with Crippen LogP contribution in [0.15, 0.2) is 48.5 Å². The van der Waals surface area contributed by atoms with Crippen LogP contribution in [-0.2, 0) is 4.79 Å². The maximum Gasteiger partial charge on any atom is 0.269 e. The van der Waals surface area contributed by atoms with E-state index < -0.39 is 4.92 Å². The molecule has 0 atom stereocenters. The van der Waals surface area contributed by atoms with Gasteiger partial charge in [-0.25, -0.2) is 0 Å². The summed E-state index contributed by atoms with van der Waals surface area (Å²) in [4.78, 5) is 21.0. The molecule has 5 nitrogen and oxygen atoms in total. The van der Waals surface area contributed by atoms with Crippen LogP contribution in [0.1, 0.15) is 18.1 Å². The molecule has 0 heterocycles. The predicted molar refractivity (Wildman–Crippen MR) is 82.8 cm³/mol. The molecule has 21 heavy (non-hydrogen) atoms. The number of nitro benzene ring substituents is 1. The van der Waals surface area contributed by atoms with E-state index in [1.54, 1.807) is 12.1 Å². The average molecular weight is 282 g/mol. The van der Waals surface area contributed by atoms with Crippen molar-refractivity contribution in [2.45, 2.75) is 6.92 Å². The molecule has 0 fully saturated rings. The van der Waals surface area contributed by atoms with Crippen molar-refractivity contribution >= 4 is 29.4 Å². The van der Waals surface area contributed by atoms with Crippen LogP contribution in [0.2, 0.25) is 0 Å². The number of nitrogens with zero attached hydrogens (tertiary/aromatic N) is 1. The number of carbonyl (C=O) groups excluding carboxylic acids is 1. The maximum absolute atomic E-state index is 10.9. The van der Waals surface area contributed by atoms with E-state index in [1.807, 2.05) is 36.4 Å². The van der Waals surface area contributed by atoms with Crippen molar-refractivity contribution in [2.24, 2.45) is 0 Å². The van der Waals surface area contributed by atoms with Gasteiger partial charge in [0.25, 0.3) is 5.69 Å². The molecular weight excluding hydrogens is 268 g/mol. The van der Waals surface area contributed by atoms with E-state index in [1.165, 1.54) is 19.1 Å². The van der Waals surface area contributed by atoms with Gasteiger partial charge in [0.15, 0.2) is 0 Å². The summed E-state index contributed by atoms with van der Waals surface area (Å²) >= 11 is 0. The van der Waals surface area contributed by atoms with Crippen LogP contribution < -0.4 is 5.32 Å². The molecule has 0 aliphatic heterocycles. The van der Waals surface area contributed by atoms with Crippen LogP contribution in [0.25, 0.3) is 12.2 Å². The molecule has 2 aromatic rings. The Morgan fingerprint density at radius 1 is 1.00 bits per heavy atom. The van der Waals surface area contributed by atoms with E-state index in [0.29, 0.717) is 0 Å². The lowest BCUT2D eigenvalue weighted by atomic mass is 10.1. The Morgan fingerprint density at radius 3 is 1.90 bits per heavy atom. The van der Waals surface area contributed by atoms with Crippen LogP contribution >= 0.6 is 0 Å². The number of benzene rings is 2. The summed E-state index contributed by atoms with van der Waals surface area (Å²) in [5, 5.41) is 13.3. The topological polar surface area (TPSA) is 72.2 Å².